The summed E-state index contributed by atoms with van der Waals surface area (Å²) in [5.41, 5.74) is 1.16. The molecule has 0 radical (unpaired) electrons. The second-order valence-electron chi connectivity index (χ2n) is 5.30. The Hall–Kier alpha value is -2.80. The standard InChI is InChI=1S/C18H18N2O4S/c1-3-23-17-7-5-4-6-16(17)20-25(21,22)15-10-8-14(9-11-15)18-12-19-13(2)24-18/h4-12,20H,3H2,1-2H3. The molecule has 0 aliphatic rings. The highest BCUT2D eigenvalue weighted by atomic mass is 32.2. The van der Waals surface area contributed by atoms with Gasteiger partial charge in [0.2, 0.25) is 0 Å². The number of sulfonamides is 1. The van der Waals surface area contributed by atoms with Crippen molar-refractivity contribution in [3.8, 4) is 17.1 Å². The van der Waals surface area contributed by atoms with Crippen LogP contribution in [0.1, 0.15) is 12.8 Å². The first-order valence-corrected chi connectivity index (χ1v) is 9.25. The van der Waals surface area contributed by atoms with E-state index >= 15 is 0 Å². The summed E-state index contributed by atoms with van der Waals surface area (Å²) in [6, 6.07) is 13.3. The molecule has 25 heavy (non-hydrogen) atoms. The van der Waals surface area contributed by atoms with E-state index in [-0.39, 0.29) is 4.90 Å². The van der Waals surface area contributed by atoms with E-state index in [1.807, 2.05) is 6.92 Å². The second-order valence-corrected chi connectivity index (χ2v) is 6.98. The maximum Gasteiger partial charge on any atom is 0.262 e. The first-order chi connectivity index (χ1) is 12.0. The van der Waals surface area contributed by atoms with E-state index in [0.29, 0.717) is 29.7 Å². The molecule has 0 fully saturated rings. The van der Waals surface area contributed by atoms with Crippen LogP contribution in [0.5, 0.6) is 5.75 Å². The first-order valence-electron chi connectivity index (χ1n) is 7.77. The number of oxazole rings is 1. The van der Waals surface area contributed by atoms with Gasteiger partial charge in [0.1, 0.15) is 5.75 Å². The molecule has 2 aromatic carbocycles. The van der Waals surface area contributed by atoms with Gasteiger partial charge in [-0.2, -0.15) is 0 Å². The number of benzene rings is 2. The number of hydrogen-bond acceptors (Lipinski definition) is 5. The Kier molecular flexibility index (Phi) is 4.76. The van der Waals surface area contributed by atoms with Gasteiger partial charge in [-0.1, -0.05) is 12.1 Å². The lowest BCUT2D eigenvalue weighted by atomic mass is 10.2. The van der Waals surface area contributed by atoms with Crippen LogP contribution in [-0.4, -0.2) is 20.0 Å². The predicted molar refractivity (Wildman–Crippen MR) is 95.1 cm³/mol. The highest BCUT2D eigenvalue weighted by Crippen LogP contribution is 2.27. The average Bonchev–Trinajstić information content (AvgIpc) is 3.03. The zero-order valence-electron chi connectivity index (χ0n) is 13.9. The van der Waals surface area contributed by atoms with E-state index in [4.69, 9.17) is 9.15 Å². The summed E-state index contributed by atoms with van der Waals surface area (Å²) in [4.78, 5) is 4.19. The maximum atomic E-state index is 12.6. The summed E-state index contributed by atoms with van der Waals surface area (Å²) in [5, 5.41) is 0. The topological polar surface area (TPSA) is 81.4 Å². The predicted octanol–water partition coefficient (Wildman–Crippen LogP) is 3.85. The van der Waals surface area contributed by atoms with E-state index < -0.39 is 10.0 Å². The number of rotatable bonds is 6. The Morgan fingerprint density at radius 3 is 2.48 bits per heavy atom. The van der Waals surface area contributed by atoms with Crippen LogP contribution in [0.2, 0.25) is 0 Å². The van der Waals surface area contributed by atoms with Crippen molar-refractivity contribution in [2.24, 2.45) is 0 Å². The molecule has 0 bridgehead atoms. The number of ether oxygens (including phenoxy) is 1. The minimum Gasteiger partial charge on any atom is -0.492 e. The van der Waals surface area contributed by atoms with Gasteiger partial charge in [0, 0.05) is 12.5 Å². The van der Waals surface area contributed by atoms with Crippen LogP contribution >= 0.6 is 0 Å². The number of nitrogens with one attached hydrogen (secondary N) is 1. The molecule has 0 amide bonds. The van der Waals surface area contributed by atoms with E-state index in [1.165, 1.54) is 12.1 Å². The molecule has 0 atom stereocenters. The summed E-state index contributed by atoms with van der Waals surface area (Å²) in [6.45, 7) is 4.04. The molecular weight excluding hydrogens is 340 g/mol. The Bertz CT molecular complexity index is 963. The maximum absolute atomic E-state index is 12.6. The molecule has 0 spiro atoms. The lowest BCUT2D eigenvalue weighted by molar-refractivity contribution is 0.342. The molecule has 0 unspecified atom stereocenters. The fraction of sp³-hybridized carbons (Fsp3) is 0.167. The lowest BCUT2D eigenvalue weighted by Crippen LogP contribution is -2.13. The molecule has 3 aromatic rings. The van der Waals surface area contributed by atoms with Gasteiger partial charge in [-0.25, -0.2) is 13.4 Å². The summed E-state index contributed by atoms with van der Waals surface area (Å²) >= 11 is 0. The largest absolute Gasteiger partial charge is 0.492 e. The normalized spacial score (nSPS) is 11.3. The third-order valence-electron chi connectivity index (χ3n) is 3.50. The zero-order valence-corrected chi connectivity index (χ0v) is 14.7. The zero-order chi connectivity index (χ0) is 17.9. The second kappa shape index (κ2) is 6.98. The van der Waals surface area contributed by atoms with Crippen LogP contribution in [0.3, 0.4) is 0 Å². The summed E-state index contributed by atoms with van der Waals surface area (Å²) in [5.74, 6) is 1.64. The Morgan fingerprint density at radius 2 is 1.84 bits per heavy atom. The van der Waals surface area contributed by atoms with Gasteiger partial charge in [-0.15, -0.1) is 0 Å². The van der Waals surface area contributed by atoms with E-state index in [0.717, 1.165) is 5.56 Å². The average molecular weight is 358 g/mol. The van der Waals surface area contributed by atoms with Crippen molar-refractivity contribution >= 4 is 15.7 Å². The molecular formula is C18H18N2O4S. The van der Waals surface area contributed by atoms with Gasteiger partial charge < -0.3 is 9.15 Å². The molecule has 1 N–H and O–H groups in total. The van der Waals surface area contributed by atoms with Crippen molar-refractivity contribution in [1.82, 2.24) is 4.98 Å². The van der Waals surface area contributed by atoms with Gasteiger partial charge in [0.25, 0.3) is 10.0 Å². The van der Waals surface area contributed by atoms with Crippen molar-refractivity contribution in [2.45, 2.75) is 18.7 Å². The first kappa shape index (κ1) is 17.0. The molecule has 0 saturated heterocycles. The molecule has 6 nitrogen and oxygen atoms in total. The van der Waals surface area contributed by atoms with Crippen molar-refractivity contribution in [1.29, 1.82) is 0 Å². The summed E-state index contributed by atoms with van der Waals surface area (Å²) < 4.78 is 38.7. The van der Waals surface area contributed by atoms with Crippen LogP contribution in [0.4, 0.5) is 5.69 Å². The van der Waals surface area contributed by atoms with E-state index in [1.54, 1.807) is 49.5 Å². The number of aromatic nitrogens is 1. The van der Waals surface area contributed by atoms with Gasteiger partial charge in [-0.05, 0) is 43.3 Å². The van der Waals surface area contributed by atoms with Gasteiger partial charge in [-0.3, -0.25) is 4.72 Å². The van der Waals surface area contributed by atoms with Gasteiger partial charge in [0.15, 0.2) is 11.7 Å². The van der Waals surface area contributed by atoms with Crippen molar-refractivity contribution in [3.05, 3.63) is 60.6 Å². The summed E-state index contributed by atoms with van der Waals surface area (Å²) in [6.07, 6.45) is 1.61. The number of anilines is 1. The Morgan fingerprint density at radius 1 is 1.12 bits per heavy atom. The molecule has 0 aliphatic carbocycles. The number of nitrogens with zero attached hydrogens (tertiary/aromatic N) is 1. The van der Waals surface area contributed by atoms with Gasteiger partial charge >= 0.3 is 0 Å². The molecule has 0 aliphatic heterocycles. The van der Waals surface area contributed by atoms with Gasteiger partial charge in [0.05, 0.1) is 23.4 Å². The highest BCUT2D eigenvalue weighted by molar-refractivity contribution is 7.92. The lowest BCUT2D eigenvalue weighted by Gasteiger charge is -2.12. The van der Waals surface area contributed by atoms with E-state index in [2.05, 4.69) is 9.71 Å². The minimum absolute atomic E-state index is 0.152. The van der Waals surface area contributed by atoms with Crippen LogP contribution in [-0.2, 0) is 10.0 Å². The van der Waals surface area contributed by atoms with Crippen molar-refractivity contribution < 1.29 is 17.6 Å². The van der Waals surface area contributed by atoms with Crippen molar-refractivity contribution in [2.75, 3.05) is 11.3 Å². The minimum atomic E-state index is -3.72. The monoisotopic (exact) mass is 358 g/mol. The fourth-order valence-corrected chi connectivity index (χ4v) is 3.40. The molecule has 1 heterocycles. The number of aryl methyl sites for hydroxylation is 1. The number of hydrogen-bond donors (Lipinski definition) is 1. The Labute approximate surface area is 146 Å². The molecule has 7 heteroatoms. The van der Waals surface area contributed by atoms with Crippen LogP contribution in [0.15, 0.2) is 64.0 Å². The highest BCUT2D eigenvalue weighted by Gasteiger charge is 2.17. The summed E-state index contributed by atoms with van der Waals surface area (Å²) in [7, 11) is -3.72. The Balaban J connectivity index is 1.85. The quantitative estimate of drug-likeness (QED) is 0.724. The smallest absolute Gasteiger partial charge is 0.262 e. The third kappa shape index (κ3) is 3.83. The van der Waals surface area contributed by atoms with Crippen LogP contribution in [0, 0.1) is 6.92 Å². The molecule has 3 rings (SSSR count). The number of para-hydroxylation sites is 2. The molecule has 130 valence electrons. The third-order valence-corrected chi connectivity index (χ3v) is 4.88. The van der Waals surface area contributed by atoms with Crippen LogP contribution < -0.4 is 9.46 Å². The van der Waals surface area contributed by atoms with E-state index in [9.17, 15) is 8.42 Å². The fourth-order valence-electron chi connectivity index (χ4n) is 2.33. The van der Waals surface area contributed by atoms with Crippen molar-refractivity contribution in [3.63, 3.8) is 0 Å². The molecule has 0 saturated carbocycles. The SMILES string of the molecule is CCOc1ccccc1NS(=O)(=O)c1ccc(-c2cnc(C)o2)cc1. The molecule has 1 aromatic heterocycles. The van der Waals surface area contributed by atoms with Crippen LogP contribution in [0.25, 0.3) is 11.3 Å².